The Bertz CT molecular complexity index is 2990. The lowest BCUT2D eigenvalue weighted by atomic mass is 9.95. The van der Waals surface area contributed by atoms with E-state index in [1.807, 2.05) is 95.9 Å². The average molecular weight is 959 g/mol. The molecule has 0 unspecified atom stereocenters. The van der Waals surface area contributed by atoms with Crippen LogP contribution in [0.5, 0.6) is 23.0 Å². The van der Waals surface area contributed by atoms with Gasteiger partial charge in [0.2, 0.25) is 0 Å². The lowest BCUT2D eigenvalue weighted by Gasteiger charge is -2.39. The molecule has 2 aliphatic heterocycles. The third-order valence-electron chi connectivity index (χ3n) is 13.0. The number of imidazole rings is 1. The van der Waals surface area contributed by atoms with E-state index in [1.165, 1.54) is 18.1 Å². The van der Waals surface area contributed by atoms with Gasteiger partial charge in [0.25, 0.3) is 5.91 Å². The van der Waals surface area contributed by atoms with E-state index in [4.69, 9.17) is 25.8 Å². The molecule has 5 aromatic carbocycles. The average Bonchev–Trinajstić information content (AvgIpc) is 3.86. The zero-order valence-corrected chi connectivity index (χ0v) is 40.1. The maximum absolute atomic E-state index is 13.8. The highest BCUT2D eigenvalue weighted by atomic mass is 35.5. The minimum atomic E-state index is -0.986. The van der Waals surface area contributed by atoms with E-state index in [9.17, 15) is 19.5 Å². The Morgan fingerprint density at radius 3 is 2.26 bits per heavy atom. The number of nitrogens with zero attached hydrogens (tertiary/aromatic N) is 5. The van der Waals surface area contributed by atoms with E-state index in [0.29, 0.717) is 57.8 Å². The van der Waals surface area contributed by atoms with E-state index < -0.39 is 5.97 Å². The molecule has 2 aliphatic rings. The number of aromatic nitrogens is 3. The van der Waals surface area contributed by atoms with Crippen LogP contribution in [0.25, 0.3) is 33.1 Å². The second-order valence-corrected chi connectivity index (χ2v) is 18.8. The first kappa shape index (κ1) is 46.7. The molecule has 0 aliphatic carbocycles. The number of hydrogen-bond acceptors (Lipinski definition) is 10. The lowest BCUT2D eigenvalue weighted by molar-refractivity contribution is 0.0623. The lowest BCUT2D eigenvalue weighted by Crippen LogP contribution is -2.49. The fourth-order valence-corrected chi connectivity index (χ4v) is 10.1. The molecule has 14 nitrogen and oxygen atoms in total. The topological polar surface area (TPSA) is 147 Å². The number of ether oxygens (including phenoxy) is 3. The molecule has 2 saturated heterocycles. The number of carbonyl (C=O) groups excluding carboxylic acids is 1. The third kappa shape index (κ3) is 10.5. The molecule has 7 aromatic rings. The Kier molecular flexibility index (Phi) is 14.3. The van der Waals surface area contributed by atoms with Crippen molar-refractivity contribution in [2.45, 2.75) is 31.1 Å². The molecular formula is C52H56ClN7O7S. The number of anilines is 1. The number of hydrogen-bond donors (Lipinski definition) is 3. The monoisotopic (exact) mass is 957 g/mol. The molecule has 0 bridgehead atoms. The van der Waals surface area contributed by atoms with Crippen LogP contribution in [0.2, 0.25) is 5.02 Å². The zero-order valence-electron chi connectivity index (χ0n) is 38.5. The summed E-state index contributed by atoms with van der Waals surface area (Å²) >= 11 is 7.96. The molecule has 68 heavy (non-hydrogen) atoms. The molecule has 2 aromatic heterocycles. The number of carbonyl (C=O) groups is 2. The van der Waals surface area contributed by atoms with E-state index in [1.54, 1.807) is 29.3 Å². The molecule has 2 fully saturated rings. The summed E-state index contributed by atoms with van der Waals surface area (Å²) < 4.78 is 25.1. The Morgan fingerprint density at radius 1 is 0.809 bits per heavy atom. The SMILES string of the molecule is CCCOc1cccc(Oc2cc3c(cc2NSc2cccc(C(=O)N4CCC(CN5CCN(CCOc6ccc(-c7cc8c(C(=O)O)c[nH]c8cc7Cl)cc6)CC5)CC4)c2)n(C)c(=O)n3C)c1. The summed E-state index contributed by atoms with van der Waals surface area (Å²) in [6.45, 7) is 10.6. The number of likely N-dealkylation sites (tertiary alicyclic amines) is 1. The highest BCUT2D eigenvalue weighted by molar-refractivity contribution is 8.00. The number of fused-ring (bicyclic) bond motifs is 2. The molecule has 16 heteroatoms. The van der Waals surface area contributed by atoms with Gasteiger partial charge in [0.05, 0.1) is 33.9 Å². The van der Waals surface area contributed by atoms with Gasteiger partial charge in [-0.15, -0.1) is 0 Å². The first-order valence-corrected chi connectivity index (χ1v) is 24.3. The molecule has 354 valence electrons. The molecule has 3 N–H and O–H groups in total. The summed E-state index contributed by atoms with van der Waals surface area (Å²) in [5, 5.41) is 10.7. The van der Waals surface area contributed by atoms with Crippen molar-refractivity contribution in [3.8, 4) is 34.1 Å². The number of rotatable bonds is 17. The van der Waals surface area contributed by atoms with Crippen molar-refractivity contribution in [2.75, 3.05) is 70.3 Å². The predicted molar refractivity (Wildman–Crippen MR) is 269 cm³/mol. The largest absolute Gasteiger partial charge is 0.493 e. The van der Waals surface area contributed by atoms with Crippen molar-refractivity contribution in [3.05, 3.63) is 130 Å². The van der Waals surface area contributed by atoms with Crippen LogP contribution in [0.4, 0.5) is 5.69 Å². The Morgan fingerprint density at radius 2 is 1.51 bits per heavy atom. The number of carboxylic acids is 1. The Hall–Kier alpha value is -6.39. The van der Waals surface area contributed by atoms with Gasteiger partial charge >= 0.3 is 11.7 Å². The van der Waals surface area contributed by atoms with Crippen molar-refractivity contribution >= 4 is 63.0 Å². The number of aryl methyl sites for hydroxylation is 2. The summed E-state index contributed by atoms with van der Waals surface area (Å²) in [6, 6.07) is 30.4. The van der Waals surface area contributed by atoms with Crippen LogP contribution in [0.1, 0.15) is 46.9 Å². The maximum Gasteiger partial charge on any atom is 0.337 e. The maximum atomic E-state index is 13.8. The van der Waals surface area contributed by atoms with Crippen LogP contribution in [0.3, 0.4) is 0 Å². The van der Waals surface area contributed by atoms with Gasteiger partial charge in [0.15, 0.2) is 5.75 Å². The van der Waals surface area contributed by atoms with E-state index in [-0.39, 0.29) is 17.2 Å². The molecular weight excluding hydrogens is 902 g/mol. The predicted octanol–water partition coefficient (Wildman–Crippen LogP) is 9.63. The summed E-state index contributed by atoms with van der Waals surface area (Å²) in [5.74, 6) is 2.27. The van der Waals surface area contributed by atoms with Gasteiger partial charge in [-0.3, -0.25) is 18.8 Å². The van der Waals surface area contributed by atoms with Crippen molar-refractivity contribution in [3.63, 3.8) is 0 Å². The first-order chi connectivity index (χ1) is 33.0. The smallest absolute Gasteiger partial charge is 0.337 e. The summed E-state index contributed by atoms with van der Waals surface area (Å²) in [6.07, 6.45) is 4.34. The van der Waals surface area contributed by atoms with Crippen molar-refractivity contribution in [1.82, 2.24) is 28.8 Å². The van der Waals surface area contributed by atoms with Gasteiger partial charge in [-0.2, -0.15) is 0 Å². The Balaban J connectivity index is 0.727. The number of aromatic carboxylic acids is 1. The minimum Gasteiger partial charge on any atom is -0.493 e. The number of nitrogens with one attached hydrogen (secondary N) is 2. The fourth-order valence-electron chi connectivity index (χ4n) is 9.10. The van der Waals surface area contributed by atoms with Crippen LogP contribution in [-0.2, 0) is 14.1 Å². The van der Waals surface area contributed by atoms with Gasteiger partial charge in [-0.1, -0.05) is 42.8 Å². The zero-order chi connectivity index (χ0) is 47.3. The van der Waals surface area contributed by atoms with E-state index in [0.717, 1.165) is 110 Å². The van der Waals surface area contributed by atoms with Gasteiger partial charge in [-0.05, 0) is 103 Å². The molecule has 4 heterocycles. The van der Waals surface area contributed by atoms with Crippen LogP contribution < -0.4 is 24.6 Å². The second kappa shape index (κ2) is 20.9. The highest BCUT2D eigenvalue weighted by Crippen LogP contribution is 2.38. The summed E-state index contributed by atoms with van der Waals surface area (Å²) in [5.41, 5.74) is 5.28. The first-order valence-electron chi connectivity index (χ1n) is 23.2. The number of H-pyrrole nitrogens is 1. The number of benzene rings is 5. The van der Waals surface area contributed by atoms with Gasteiger partial charge in [-0.25, -0.2) is 9.59 Å². The third-order valence-corrected chi connectivity index (χ3v) is 14.1. The molecule has 0 saturated carbocycles. The van der Waals surface area contributed by atoms with Gasteiger partial charge < -0.3 is 38.8 Å². The fraction of sp³-hybridized carbons (Fsp3) is 0.327. The van der Waals surface area contributed by atoms with Crippen LogP contribution in [0, 0.1) is 5.92 Å². The van der Waals surface area contributed by atoms with Crippen LogP contribution in [-0.4, -0.2) is 111 Å². The number of aromatic amines is 1. The molecule has 0 radical (unpaired) electrons. The standard InChI is InChI=1S/C52H56ClN7O7S/c1-4-24-65-38-8-6-9-39(27-38)67-49-31-48-47(56(2)52(64)57(48)3)30-46(49)55-68-40-10-5-7-36(26-40)50(61)60-17-15-34(16-18-60)33-59-21-19-58(20-22-59)23-25-66-37-13-11-35(12-14-37)41-28-42-43(51(62)63)32-54-45(42)29-44(41)53/h5-14,26-32,34,54-55H,4,15-25,33H2,1-3H3,(H,62,63). The molecule has 1 amide bonds. The van der Waals surface area contributed by atoms with Crippen LogP contribution >= 0.6 is 23.5 Å². The van der Waals surface area contributed by atoms with Crippen molar-refractivity contribution < 1.29 is 28.9 Å². The highest BCUT2D eigenvalue weighted by Gasteiger charge is 2.27. The quantitative estimate of drug-likeness (QED) is 0.0751. The molecule has 9 rings (SSSR count). The number of piperazine rings is 1. The molecule has 0 atom stereocenters. The number of carboxylic acid groups (broad SMARTS) is 1. The number of piperidine rings is 1. The normalized spacial score (nSPS) is 15.0. The molecule has 0 spiro atoms. The Labute approximate surface area is 404 Å². The summed E-state index contributed by atoms with van der Waals surface area (Å²) in [7, 11) is 3.51. The second-order valence-electron chi connectivity index (χ2n) is 17.5. The number of amides is 1. The minimum absolute atomic E-state index is 0.0440. The van der Waals surface area contributed by atoms with Gasteiger partial charge in [0.1, 0.15) is 23.9 Å². The van der Waals surface area contributed by atoms with Gasteiger partial charge in [0, 0.05) is 112 Å². The van der Waals surface area contributed by atoms with Crippen molar-refractivity contribution in [2.24, 2.45) is 20.0 Å². The van der Waals surface area contributed by atoms with Crippen molar-refractivity contribution in [1.29, 1.82) is 0 Å². The summed E-state index contributed by atoms with van der Waals surface area (Å²) in [4.78, 5) is 49.2. The van der Waals surface area contributed by atoms with E-state index >= 15 is 0 Å². The van der Waals surface area contributed by atoms with Crippen LogP contribution in [0.15, 0.2) is 113 Å². The van der Waals surface area contributed by atoms with E-state index in [2.05, 4.69) is 26.4 Å². The number of halogens is 1.